The van der Waals surface area contributed by atoms with Crippen LogP contribution in [0.1, 0.15) is 54.9 Å². The quantitative estimate of drug-likeness (QED) is 0.791. The number of aromatic nitrogens is 2. The van der Waals surface area contributed by atoms with Gasteiger partial charge in [0.2, 0.25) is 0 Å². The largest absolute Gasteiger partial charge is 0.452 e. The Morgan fingerprint density at radius 1 is 1.08 bits per heavy atom. The van der Waals surface area contributed by atoms with Gasteiger partial charge in [-0.2, -0.15) is 0 Å². The minimum absolute atomic E-state index is 0.134. The van der Waals surface area contributed by atoms with Gasteiger partial charge < -0.3 is 9.64 Å². The SMILES string of the molecule is Cc1nc2ccc(C(=O)OCC(=O)N3[C@H](C)CCC[C@H]3C)cc2nc1C. The molecular formula is C20H25N3O3. The summed E-state index contributed by atoms with van der Waals surface area (Å²) in [6, 6.07) is 5.44. The van der Waals surface area contributed by atoms with E-state index >= 15 is 0 Å². The Hall–Kier alpha value is -2.50. The maximum Gasteiger partial charge on any atom is 0.338 e. The summed E-state index contributed by atoms with van der Waals surface area (Å²) >= 11 is 0. The van der Waals surface area contributed by atoms with Crippen molar-refractivity contribution in [2.24, 2.45) is 0 Å². The molecule has 3 rings (SSSR count). The molecule has 138 valence electrons. The topological polar surface area (TPSA) is 72.4 Å². The van der Waals surface area contributed by atoms with Gasteiger partial charge in [-0.25, -0.2) is 14.8 Å². The molecule has 1 saturated heterocycles. The lowest BCUT2D eigenvalue weighted by atomic mass is 9.97. The van der Waals surface area contributed by atoms with E-state index in [1.165, 1.54) is 0 Å². The van der Waals surface area contributed by atoms with Crippen molar-refractivity contribution in [3.8, 4) is 0 Å². The first-order chi connectivity index (χ1) is 12.4. The number of carbonyl (C=O) groups excluding carboxylic acids is 2. The molecule has 0 spiro atoms. The molecule has 2 heterocycles. The lowest BCUT2D eigenvalue weighted by molar-refractivity contribution is -0.140. The minimum atomic E-state index is -0.516. The summed E-state index contributed by atoms with van der Waals surface area (Å²) in [7, 11) is 0. The molecule has 1 fully saturated rings. The molecule has 0 radical (unpaired) electrons. The van der Waals surface area contributed by atoms with Crippen molar-refractivity contribution in [1.82, 2.24) is 14.9 Å². The predicted molar refractivity (Wildman–Crippen MR) is 98.9 cm³/mol. The van der Waals surface area contributed by atoms with Crippen molar-refractivity contribution >= 4 is 22.9 Å². The molecule has 0 N–H and O–H groups in total. The minimum Gasteiger partial charge on any atom is -0.452 e. The Morgan fingerprint density at radius 2 is 1.69 bits per heavy atom. The fraction of sp³-hybridized carbons (Fsp3) is 0.500. The molecule has 6 nitrogen and oxygen atoms in total. The molecule has 1 aliphatic rings. The van der Waals surface area contributed by atoms with Crippen LogP contribution in [-0.2, 0) is 9.53 Å². The van der Waals surface area contributed by atoms with Gasteiger partial charge in [0.15, 0.2) is 6.61 Å². The highest BCUT2D eigenvalue weighted by molar-refractivity contribution is 5.94. The molecule has 2 aromatic rings. The summed E-state index contributed by atoms with van der Waals surface area (Å²) in [5.41, 5.74) is 3.45. The fourth-order valence-corrected chi connectivity index (χ4v) is 3.56. The van der Waals surface area contributed by atoms with Crippen LogP contribution in [0.25, 0.3) is 11.0 Å². The van der Waals surface area contributed by atoms with Gasteiger partial charge in [-0.3, -0.25) is 4.79 Å². The third-order valence-corrected chi connectivity index (χ3v) is 5.12. The summed E-state index contributed by atoms with van der Waals surface area (Å²) in [6.07, 6.45) is 3.11. The number of ether oxygens (including phenoxy) is 1. The summed E-state index contributed by atoms with van der Waals surface area (Å²) in [5, 5.41) is 0. The van der Waals surface area contributed by atoms with Gasteiger partial charge >= 0.3 is 5.97 Å². The van der Waals surface area contributed by atoms with Crippen LogP contribution in [0.4, 0.5) is 0 Å². The van der Waals surface area contributed by atoms with E-state index in [4.69, 9.17) is 4.74 Å². The first kappa shape index (κ1) is 18.3. The van der Waals surface area contributed by atoms with Crippen LogP contribution in [0.5, 0.6) is 0 Å². The van der Waals surface area contributed by atoms with Crippen LogP contribution < -0.4 is 0 Å². The third-order valence-electron chi connectivity index (χ3n) is 5.12. The van der Waals surface area contributed by atoms with Crippen molar-refractivity contribution in [2.45, 2.75) is 59.0 Å². The maximum atomic E-state index is 12.5. The molecule has 0 unspecified atom stereocenters. The van der Waals surface area contributed by atoms with E-state index in [1.807, 2.05) is 32.6 Å². The van der Waals surface area contributed by atoms with Gasteiger partial charge in [0.1, 0.15) is 0 Å². The lowest BCUT2D eigenvalue weighted by Crippen LogP contribution is -2.49. The number of benzene rings is 1. The zero-order chi connectivity index (χ0) is 18.8. The number of hydrogen-bond acceptors (Lipinski definition) is 5. The Kier molecular flexibility index (Phi) is 5.20. The number of fused-ring (bicyclic) bond motifs is 1. The second-order valence-corrected chi connectivity index (χ2v) is 7.10. The summed E-state index contributed by atoms with van der Waals surface area (Å²) in [6.45, 7) is 7.64. The maximum absolute atomic E-state index is 12.5. The van der Waals surface area contributed by atoms with Gasteiger partial charge in [0.25, 0.3) is 5.91 Å². The van der Waals surface area contributed by atoms with Crippen LogP contribution in [0.15, 0.2) is 18.2 Å². The van der Waals surface area contributed by atoms with E-state index in [0.717, 1.165) is 36.2 Å². The van der Waals surface area contributed by atoms with Crippen LogP contribution in [-0.4, -0.2) is 45.4 Å². The van der Waals surface area contributed by atoms with Crippen LogP contribution in [0.2, 0.25) is 0 Å². The smallest absolute Gasteiger partial charge is 0.338 e. The molecule has 0 saturated carbocycles. The number of hydrogen-bond donors (Lipinski definition) is 0. The Morgan fingerprint density at radius 3 is 2.35 bits per heavy atom. The second-order valence-electron chi connectivity index (χ2n) is 7.10. The third kappa shape index (κ3) is 3.69. The molecule has 1 amide bonds. The number of rotatable bonds is 3. The molecule has 1 aromatic carbocycles. The molecule has 0 aliphatic carbocycles. The van der Waals surface area contributed by atoms with E-state index in [0.29, 0.717) is 11.1 Å². The van der Waals surface area contributed by atoms with Gasteiger partial charge in [-0.15, -0.1) is 0 Å². The van der Waals surface area contributed by atoms with Crippen molar-refractivity contribution in [3.05, 3.63) is 35.2 Å². The summed E-state index contributed by atoms with van der Waals surface area (Å²) in [5.74, 6) is -0.650. The van der Waals surface area contributed by atoms with E-state index in [9.17, 15) is 9.59 Å². The highest BCUT2D eigenvalue weighted by Crippen LogP contribution is 2.22. The first-order valence-corrected chi connectivity index (χ1v) is 9.10. The normalized spacial score (nSPS) is 20.2. The number of carbonyl (C=O) groups is 2. The predicted octanol–water partition coefficient (Wildman–Crippen LogP) is 3.19. The van der Waals surface area contributed by atoms with Gasteiger partial charge in [0, 0.05) is 12.1 Å². The zero-order valence-corrected chi connectivity index (χ0v) is 15.8. The number of aryl methyl sites for hydroxylation is 2. The number of likely N-dealkylation sites (tertiary alicyclic amines) is 1. The first-order valence-electron chi connectivity index (χ1n) is 9.10. The molecule has 1 aromatic heterocycles. The van der Waals surface area contributed by atoms with E-state index < -0.39 is 5.97 Å². The molecule has 26 heavy (non-hydrogen) atoms. The Labute approximate surface area is 153 Å². The van der Waals surface area contributed by atoms with Crippen molar-refractivity contribution in [1.29, 1.82) is 0 Å². The Balaban J connectivity index is 1.69. The van der Waals surface area contributed by atoms with Crippen molar-refractivity contribution in [3.63, 3.8) is 0 Å². The number of amides is 1. The molecule has 1 aliphatic heterocycles. The molecular weight excluding hydrogens is 330 g/mol. The van der Waals surface area contributed by atoms with Crippen molar-refractivity contribution in [2.75, 3.05) is 6.61 Å². The Bertz CT molecular complexity index is 840. The summed E-state index contributed by atoms with van der Waals surface area (Å²) < 4.78 is 5.26. The molecule has 0 bridgehead atoms. The highest BCUT2D eigenvalue weighted by atomic mass is 16.5. The van der Waals surface area contributed by atoms with E-state index in [-0.39, 0.29) is 24.6 Å². The molecule has 2 atom stereocenters. The number of nitrogens with zero attached hydrogens (tertiary/aromatic N) is 3. The van der Waals surface area contributed by atoms with Gasteiger partial charge in [0.05, 0.1) is 28.0 Å². The molecule has 6 heteroatoms. The van der Waals surface area contributed by atoms with E-state index in [1.54, 1.807) is 18.2 Å². The zero-order valence-electron chi connectivity index (χ0n) is 15.8. The average Bonchev–Trinajstić information content (AvgIpc) is 2.60. The standard InChI is InChI=1S/C20H25N3O3/c1-12-6-5-7-13(2)23(12)19(24)11-26-20(25)16-8-9-17-18(10-16)22-15(4)14(3)21-17/h8-10,12-13H,5-7,11H2,1-4H3/t12-,13-/m1/s1. The van der Waals surface area contributed by atoms with Crippen LogP contribution in [0, 0.1) is 13.8 Å². The average molecular weight is 355 g/mol. The monoisotopic (exact) mass is 355 g/mol. The van der Waals surface area contributed by atoms with Gasteiger partial charge in [-0.1, -0.05) is 0 Å². The fourth-order valence-electron chi connectivity index (χ4n) is 3.56. The van der Waals surface area contributed by atoms with Crippen molar-refractivity contribution < 1.29 is 14.3 Å². The van der Waals surface area contributed by atoms with E-state index in [2.05, 4.69) is 9.97 Å². The second kappa shape index (κ2) is 7.40. The number of esters is 1. The lowest BCUT2D eigenvalue weighted by Gasteiger charge is -2.38. The number of piperidine rings is 1. The van der Waals surface area contributed by atoms with Crippen LogP contribution >= 0.6 is 0 Å². The van der Waals surface area contributed by atoms with Gasteiger partial charge in [-0.05, 0) is 65.2 Å². The highest BCUT2D eigenvalue weighted by Gasteiger charge is 2.29. The van der Waals surface area contributed by atoms with Crippen LogP contribution in [0.3, 0.4) is 0 Å². The summed E-state index contributed by atoms with van der Waals surface area (Å²) in [4.78, 5) is 35.6.